The van der Waals surface area contributed by atoms with E-state index in [1.54, 1.807) is 0 Å². The first kappa shape index (κ1) is 17.0. The van der Waals surface area contributed by atoms with Crippen molar-refractivity contribution in [2.24, 2.45) is 0 Å². The lowest BCUT2D eigenvalue weighted by atomic mass is 9.97. The summed E-state index contributed by atoms with van der Waals surface area (Å²) in [6, 6.07) is 10.4. The maximum absolute atomic E-state index is 13.1. The Bertz CT molecular complexity index is 1120. The number of hydrogen-bond donors (Lipinski definition) is 0. The van der Waals surface area contributed by atoms with Crippen LogP contribution in [0.1, 0.15) is 30.1 Å². The first-order valence-electron chi connectivity index (χ1n) is 9.01. The molecule has 0 saturated carbocycles. The van der Waals surface area contributed by atoms with Crippen LogP contribution in [0.2, 0.25) is 0 Å². The van der Waals surface area contributed by atoms with Crippen LogP contribution in [-0.4, -0.2) is 32.7 Å². The van der Waals surface area contributed by atoms with Gasteiger partial charge in [0.15, 0.2) is 11.2 Å². The highest BCUT2D eigenvalue weighted by atomic mass is 19.4. The Morgan fingerprint density at radius 1 is 1.07 bits per heavy atom. The van der Waals surface area contributed by atoms with Gasteiger partial charge in [-0.3, -0.25) is 4.40 Å². The summed E-state index contributed by atoms with van der Waals surface area (Å²) in [5.41, 5.74) is 1.18. The number of pyridine rings is 1. The number of hydrogen-bond acceptors (Lipinski definition) is 5. The number of benzene rings is 1. The Labute approximate surface area is 157 Å². The van der Waals surface area contributed by atoms with Crippen LogP contribution in [0.3, 0.4) is 0 Å². The fraction of sp³-hybridized carbons (Fsp3) is 0.316. The van der Waals surface area contributed by atoms with Crippen molar-refractivity contribution in [3.63, 3.8) is 0 Å². The molecule has 144 valence electrons. The molecule has 0 N–H and O–H groups in total. The van der Waals surface area contributed by atoms with Crippen molar-refractivity contribution >= 4 is 22.8 Å². The number of fused-ring (bicyclic) bond motifs is 2. The highest BCUT2D eigenvalue weighted by molar-refractivity contribution is 5.74. The van der Waals surface area contributed by atoms with Crippen LogP contribution < -0.4 is 4.90 Å². The van der Waals surface area contributed by atoms with E-state index >= 15 is 0 Å². The van der Waals surface area contributed by atoms with Gasteiger partial charge in [-0.2, -0.15) is 18.2 Å². The van der Waals surface area contributed by atoms with E-state index in [9.17, 15) is 13.2 Å². The molecule has 4 aromatic rings. The number of anilines is 1. The number of halogens is 3. The summed E-state index contributed by atoms with van der Waals surface area (Å²) in [4.78, 5) is 6.55. The third-order valence-electron chi connectivity index (χ3n) is 5.10. The van der Waals surface area contributed by atoms with E-state index in [0.29, 0.717) is 29.6 Å². The zero-order valence-corrected chi connectivity index (χ0v) is 14.7. The Kier molecular flexibility index (Phi) is 3.78. The third-order valence-corrected chi connectivity index (χ3v) is 5.10. The Morgan fingerprint density at radius 3 is 2.75 bits per heavy atom. The lowest BCUT2D eigenvalue weighted by Gasteiger charge is -2.30. The molecule has 1 unspecified atom stereocenters. The number of aromatic nitrogens is 4. The van der Waals surface area contributed by atoms with E-state index in [1.807, 2.05) is 29.2 Å². The van der Waals surface area contributed by atoms with Crippen molar-refractivity contribution in [2.45, 2.75) is 24.9 Å². The van der Waals surface area contributed by atoms with Gasteiger partial charge in [-0.05, 0) is 37.1 Å². The Balaban J connectivity index is 1.47. The molecule has 1 aliphatic rings. The predicted octanol–water partition coefficient (Wildman–Crippen LogP) is 4.27. The summed E-state index contributed by atoms with van der Waals surface area (Å²) < 4.78 is 46.6. The summed E-state index contributed by atoms with van der Waals surface area (Å²) in [6.07, 6.45) is -1.67. The van der Waals surface area contributed by atoms with Crippen LogP contribution in [0.25, 0.3) is 16.7 Å². The highest BCUT2D eigenvalue weighted by Crippen LogP contribution is 2.33. The molecule has 1 aromatic carbocycles. The molecule has 0 radical (unpaired) electrons. The number of piperidine rings is 1. The molecule has 1 aliphatic heterocycles. The van der Waals surface area contributed by atoms with Crippen LogP contribution in [0.4, 0.5) is 19.2 Å². The van der Waals surface area contributed by atoms with Crippen LogP contribution in [-0.2, 0) is 6.18 Å². The van der Waals surface area contributed by atoms with Gasteiger partial charge in [0.25, 0.3) is 6.01 Å². The van der Waals surface area contributed by atoms with E-state index < -0.39 is 11.7 Å². The van der Waals surface area contributed by atoms with Gasteiger partial charge in [-0.25, -0.2) is 0 Å². The summed E-state index contributed by atoms with van der Waals surface area (Å²) in [5.74, 6) is 0.462. The molecule has 0 bridgehead atoms. The van der Waals surface area contributed by atoms with Crippen molar-refractivity contribution < 1.29 is 17.6 Å². The smallest absolute Gasteiger partial charge is 0.417 e. The fourth-order valence-corrected chi connectivity index (χ4v) is 3.71. The molecular weight excluding hydrogens is 371 g/mol. The van der Waals surface area contributed by atoms with Gasteiger partial charge in [-0.1, -0.05) is 12.1 Å². The monoisotopic (exact) mass is 387 g/mol. The molecular formula is C19H16F3N5O. The van der Waals surface area contributed by atoms with E-state index in [1.165, 1.54) is 10.5 Å². The molecule has 28 heavy (non-hydrogen) atoms. The summed E-state index contributed by atoms with van der Waals surface area (Å²) >= 11 is 0. The van der Waals surface area contributed by atoms with Crippen LogP contribution in [0, 0.1) is 0 Å². The zero-order chi connectivity index (χ0) is 19.3. The van der Waals surface area contributed by atoms with Gasteiger partial charge >= 0.3 is 6.18 Å². The molecule has 1 fully saturated rings. The second-order valence-electron chi connectivity index (χ2n) is 6.95. The van der Waals surface area contributed by atoms with E-state index in [0.717, 1.165) is 37.2 Å². The van der Waals surface area contributed by atoms with Gasteiger partial charge in [0.2, 0.25) is 0 Å². The van der Waals surface area contributed by atoms with Gasteiger partial charge in [0, 0.05) is 25.2 Å². The predicted molar refractivity (Wildman–Crippen MR) is 96.2 cm³/mol. The quantitative estimate of drug-likeness (QED) is 0.514. The average molecular weight is 387 g/mol. The highest BCUT2D eigenvalue weighted by Gasteiger charge is 2.32. The Hall–Kier alpha value is -3.10. The van der Waals surface area contributed by atoms with Gasteiger partial charge in [0.05, 0.1) is 5.56 Å². The van der Waals surface area contributed by atoms with Crippen molar-refractivity contribution in [1.82, 2.24) is 19.6 Å². The minimum Gasteiger partial charge on any atom is -0.423 e. The average Bonchev–Trinajstić information content (AvgIpc) is 3.31. The standard InChI is InChI=1S/C19H16F3N5O/c20-19(21,22)13-7-8-16-24-25-17(27(16)11-13)12-4-3-9-26(10-12)18-23-14-5-1-2-6-15(14)28-18/h1-2,5-8,11-12H,3-4,9-10H2. The number of para-hydroxylation sites is 2. The van der Waals surface area contributed by atoms with Gasteiger partial charge < -0.3 is 9.32 Å². The molecule has 1 saturated heterocycles. The summed E-state index contributed by atoms with van der Waals surface area (Å²) in [5, 5.41) is 8.22. The van der Waals surface area contributed by atoms with Crippen molar-refractivity contribution in [3.05, 3.63) is 54.0 Å². The first-order valence-corrected chi connectivity index (χ1v) is 9.01. The topological polar surface area (TPSA) is 59.5 Å². The molecule has 3 aromatic heterocycles. The number of nitrogens with zero attached hydrogens (tertiary/aromatic N) is 5. The minimum absolute atomic E-state index is 0.0674. The van der Waals surface area contributed by atoms with E-state index in [2.05, 4.69) is 15.2 Å². The molecule has 9 heteroatoms. The van der Waals surface area contributed by atoms with Crippen LogP contribution >= 0.6 is 0 Å². The molecule has 5 rings (SSSR count). The molecule has 6 nitrogen and oxygen atoms in total. The number of rotatable bonds is 2. The molecule has 0 spiro atoms. The number of alkyl halides is 3. The summed E-state index contributed by atoms with van der Waals surface area (Å²) in [7, 11) is 0. The molecule has 4 heterocycles. The Morgan fingerprint density at radius 2 is 1.93 bits per heavy atom. The van der Waals surface area contributed by atoms with Gasteiger partial charge in [0.1, 0.15) is 11.3 Å². The third kappa shape index (κ3) is 2.87. The maximum atomic E-state index is 13.1. The summed E-state index contributed by atoms with van der Waals surface area (Å²) in [6.45, 7) is 1.33. The molecule has 1 atom stereocenters. The van der Waals surface area contributed by atoms with Crippen LogP contribution in [0.15, 0.2) is 47.0 Å². The van der Waals surface area contributed by atoms with Crippen molar-refractivity contribution in [2.75, 3.05) is 18.0 Å². The number of oxazole rings is 1. The van der Waals surface area contributed by atoms with E-state index in [4.69, 9.17) is 4.42 Å². The SMILES string of the molecule is FC(F)(F)c1ccc2nnc(C3CCCN(c4nc5ccccc5o4)C3)n2c1. The second-order valence-corrected chi connectivity index (χ2v) is 6.95. The minimum atomic E-state index is -4.41. The lowest BCUT2D eigenvalue weighted by molar-refractivity contribution is -0.137. The zero-order valence-electron chi connectivity index (χ0n) is 14.7. The van der Waals surface area contributed by atoms with Gasteiger partial charge in [-0.15, -0.1) is 10.2 Å². The maximum Gasteiger partial charge on any atom is 0.417 e. The van der Waals surface area contributed by atoms with Crippen LogP contribution in [0.5, 0.6) is 0 Å². The fourth-order valence-electron chi connectivity index (χ4n) is 3.71. The lowest BCUT2D eigenvalue weighted by Crippen LogP contribution is -2.35. The van der Waals surface area contributed by atoms with Crippen molar-refractivity contribution in [3.8, 4) is 0 Å². The first-order chi connectivity index (χ1) is 13.5. The molecule has 0 aliphatic carbocycles. The normalized spacial score (nSPS) is 18.2. The molecule has 0 amide bonds. The van der Waals surface area contributed by atoms with E-state index in [-0.39, 0.29) is 5.92 Å². The largest absolute Gasteiger partial charge is 0.423 e. The second kappa shape index (κ2) is 6.22. The van der Waals surface area contributed by atoms with Crippen molar-refractivity contribution in [1.29, 1.82) is 0 Å².